The first kappa shape index (κ1) is 20.0. The van der Waals surface area contributed by atoms with Crippen molar-refractivity contribution in [2.45, 2.75) is 32.3 Å². The predicted molar refractivity (Wildman–Crippen MR) is 114 cm³/mol. The number of nitrogens with one attached hydrogen (secondary N) is 1. The van der Waals surface area contributed by atoms with Crippen molar-refractivity contribution in [2.75, 3.05) is 5.32 Å². The molecule has 0 radical (unpaired) electrons. The number of hydrogen-bond donors (Lipinski definition) is 1. The number of carbonyl (C=O) groups excluding carboxylic acids is 1. The second-order valence-corrected chi connectivity index (χ2v) is 8.87. The van der Waals surface area contributed by atoms with Gasteiger partial charge in [-0.1, -0.05) is 23.8 Å². The monoisotopic (exact) mass is 424 g/mol. The molecule has 1 aliphatic heterocycles. The number of benzene rings is 2. The minimum atomic E-state index is -1.06. The molecule has 2 aromatic carbocycles. The Hall–Kier alpha value is -3.33. The second-order valence-electron chi connectivity index (χ2n) is 7.42. The second kappa shape index (κ2) is 7.49. The molecule has 8 nitrogen and oxygen atoms in total. The van der Waals surface area contributed by atoms with E-state index in [-0.39, 0.29) is 11.3 Å². The number of fused-ring (bicyclic) bond motifs is 1. The standard InChI is InChI=1S/C21H20N4O4S/c1-12-4-7-18(14(3)8-12)24-20(16-10-30(29)11-17(16)23-24)22-21(26)15-6-5-13(2)19(9-15)25(27)28/h4-9H,10-11H2,1-3H3,(H,22,26). The maximum atomic E-state index is 13.0. The largest absolute Gasteiger partial charge is 0.306 e. The van der Waals surface area contributed by atoms with E-state index < -0.39 is 21.6 Å². The number of amides is 1. The molecule has 0 saturated carbocycles. The average molecular weight is 424 g/mol. The Morgan fingerprint density at radius 1 is 1.13 bits per heavy atom. The minimum Gasteiger partial charge on any atom is -0.306 e. The minimum absolute atomic E-state index is 0.114. The van der Waals surface area contributed by atoms with Gasteiger partial charge in [0.15, 0.2) is 0 Å². The summed E-state index contributed by atoms with van der Waals surface area (Å²) in [5.74, 6) is 0.622. The Kier molecular flexibility index (Phi) is 4.98. The van der Waals surface area contributed by atoms with E-state index in [1.54, 1.807) is 23.7 Å². The number of hydrogen-bond acceptors (Lipinski definition) is 5. The molecule has 2 heterocycles. The molecule has 1 aliphatic rings. The average Bonchev–Trinajstić information content (AvgIpc) is 3.19. The van der Waals surface area contributed by atoms with Crippen molar-refractivity contribution in [1.82, 2.24) is 9.78 Å². The Morgan fingerprint density at radius 3 is 2.60 bits per heavy atom. The fraction of sp³-hybridized carbons (Fsp3) is 0.238. The summed E-state index contributed by atoms with van der Waals surface area (Å²) >= 11 is 0. The molecule has 0 bridgehead atoms. The number of nitro benzene ring substituents is 1. The molecule has 3 aromatic rings. The summed E-state index contributed by atoms with van der Waals surface area (Å²) < 4.78 is 13.7. The van der Waals surface area contributed by atoms with E-state index >= 15 is 0 Å². The number of nitro groups is 1. The van der Waals surface area contributed by atoms with Crippen molar-refractivity contribution in [3.05, 3.63) is 80.0 Å². The van der Waals surface area contributed by atoms with Gasteiger partial charge in [-0.25, -0.2) is 4.68 Å². The molecule has 1 aromatic heterocycles. The lowest BCUT2D eigenvalue weighted by Crippen LogP contribution is -2.17. The number of nitrogens with zero attached hydrogens (tertiary/aromatic N) is 3. The molecule has 0 saturated heterocycles. The summed E-state index contributed by atoms with van der Waals surface area (Å²) in [6.07, 6.45) is 0. The van der Waals surface area contributed by atoms with Crippen LogP contribution < -0.4 is 5.32 Å². The molecular weight excluding hydrogens is 404 g/mol. The quantitative estimate of drug-likeness (QED) is 0.507. The van der Waals surface area contributed by atoms with Gasteiger partial charge in [-0.3, -0.25) is 19.1 Å². The highest BCUT2D eigenvalue weighted by Gasteiger charge is 2.29. The molecule has 1 atom stereocenters. The van der Waals surface area contributed by atoms with Crippen LogP contribution in [0.15, 0.2) is 36.4 Å². The third-order valence-electron chi connectivity index (χ3n) is 5.15. The number of anilines is 1. The van der Waals surface area contributed by atoms with Crippen molar-refractivity contribution in [1.29, 1.82) is 0 Å². The summed E-state index contributed by atoms with van der Waals surface area (Å²) in [5.41, 5.74) is 4.87. The lowest BCUT2D eigenvalue weighted by atomic mass is 10.1. The zero-order valence-corrected chi connectivity index (χ0v) is 17.6. The van der Waals surface area contributed by atoms with Crippen LogP contribution in [0.25, 0.3) is 5.69 Å². The normalized spacial score (nSPS) is 15.1. The number of rotatable bonds is 4. The van der Waals surface area contributed by atoms with Gasteiger partial charge in [0.2, 0.25) is 0 Å². The van der Waals surface area contributed by atoms with Crippen LogP contribution in [0.2, 0.25) is 0 Å². The molecule has 1 unspecified atom stereocenters. The number of carbonyl (C=O) groups is 1. The molecular formula is C21H20N4O4S. The summed E-state index contributed by atoms with van der Waals surface area (Å²) in [4.78, 5) is 23.7. The number of aryl methyl sites for hydroxylation is 3. The van der Waals surface area contributed by atoms with E-state index in [9.17, 15) is 19.1 Å². The molecule has 0 fully saturated rings. The summed E-state index contributed by atoms with van der Waals surface area (Å²) in [7, 11) is -1.06. The van der Waals surface area contributed by atoms with Crippen molar-refractivity contribution in [3.63, 3.8) is 0 Å². The molecule has 1 amide bonds. The van der Waals surface area contributed by atoms with Gasteiger partial charge in [0.25, 0.3) is 11.6 Å². The van der Waals surface area contributed by atoms with Gasteiger partial charge in [0.1, 0.15) is 5.82 Å². The van der Waals surface area contributed by atoms with Crippen LogP contribution in [0.4, 0.5) is 11.5 Å². The van der Waals surface area contributed by atoms with Crippen LogP contribution in [0.1, 0.15) is 38.3 Å². The molecule has 1 N–H and O–H groups in total. The molecule has 4 rings (SSSR count). The van der Waals surface area contributed by atoms with E-state index in [2.05, 4.69) is 10.4 Å². The SMILES string of the molecule is Cc1ccc(-n2nc3c(c2NC(=O)c2ccc(C)c([N+](=O)[O-])c2)CS(=O)C3)c(C)c1. The third kappa shape index (κ3) is 3.52. The molecule has 154 valence electrons. The van der Waals surface area contributed by atoms with E-state index in [1.807, 2.05) is 32.0 Å². The number of aromatic nitrogens is 2. The zero-order valence-electron chi connectivity index (χ0n) is 16.8. The zero-order chi connectivity index (χ0) is 21.6. The summed E-state index contributed by atoms with van der Waals surface area (Å²) in [6, 6.07) is 10.3. The van der Waals surface area contributed by atoms with Crippen LogP contribution in [0.5, 0.6) is 0 Å². The van der Waals surface area contributed by atoms with Gasteiger partial charge >= 0.3 is 0 Å². The first-order chi connectivity index (χ1) is 14.2. The Bertz CT molecular complexity index is 1230. The van der Waals surface area contributed by atoms with Crippen LogP contribution >= 0.6 is 0 Å². The van der Waals surface area contributed by atoms with Gasteiger partial charge in [0, 0.05) is 33.6 Å². The van der Waals surface area contributed by atoms with Gasteiger partial charge < -0.3 is 5.32 Å². The highest BCUT2D eigenvalue weighted by molar-refractivity contribution is 7.83. The summed E-state index contributed by atoms with van der Waals surface area (Å²) in [6.45, 7) is 5.58. The van der Waals surface area contributed by atoms with E-state index in [4.69, 9.17) is 0 Å². The molecule has 9 heteroatoms. The van der Waals surface area contributed by atoms with E-state index in [0.29, 0.717) is 28.6 Å². The van der Waals surface area contributed by atoms with Crippen LogP contribution in [-0.2, 0) is 22.3 Å². The van der Waals surface area contributed by atoms with Crippen LogP contribution in [0.3, 0.4) is 0 Å². The molecule has 0 aliphatic carbocycles. The fourth-order valence-electron chi connectivity index (χ4n) is 3.60. The smallest absolute Gasteiger partial charge is 0.273 e. The first-order valence-corrected chi connectivity index (χ1v) is 10.8. The fourth-order valence-corrected chi connectivity index (χ4v) is 4.86. The maximum absolute atomic E-state index is 13.0. The topological polar surface area (TPSA) is 107 Å². The lowest BCUT2D eigenvalue weighted by Gasteiger charge is -2.13. The summed E-state index contributed by atoms with van der Waals surface area (Å²) in [5, 5.41) is 18.7. The van der Waals surface area contributed by atoms with Gasteiger partial charge in [-0.05, 0) is 38.5 Å². The Labute approximate surface area is 175 Å². The van der Waals surface area contributed by atoms with Gasteiger partial charge in [0.05, 0.1) is 27.8 Å². The lowest BCUT2D eigenvalue weighted by molar-refractivity contribution is -0.385. The first-order valence-electron chi connectivity index (χ1n) is 9.34. The van der Waals surface area contributed by atoms with Gasteiger partial charge in [-0.15, -0.1) is 0 Å². The molecule has 30 heavy (non-hydrogen) atoms. The third-order valence-corrected chi connectivity index (χ3v) is 6.36. The predicted octanol–water partition coefficient (Wildman–Crippen LogP) is 3.72. The highest BCUT2D eigenvalue weighted by Crippen LogP contribution is 2.33. The van der Waals surface area contributed by atoms with Crippen LogP contribution in [0, 0.1) is 30.9 Å². The van der Waals surface area contributed by atoms with Crippen LogP contribution in [-0.4, -0.2) is 24.8 Å². The van der Waals surface area contributed by atoms with Crippen molar-refractivity contribution >= 4 is 28.2 Å². The molecule has 0 spiro atoms. The van der Waals surface area contributed by atoms with E-state index in [1.165, 1.54) is 6.07 Å². The van der Waals surface area contributed by atoms with Crippen molar-refractivity contribution in [3.8, 4) is 5.69 Å². The van der Waals surface area contributed by atoms with Crippen molar-refractivity contribution < 1.29 is 13.9 Å². The van der Waals surface area contributed by atoms with Crippen molar-refractivity contribution in [2.24, 2.45) is 0 Å². The Morgan fingerprint density at radius 2 is 1.90 bits per heavy atom. The maximum Gasteiger partial charge on any atom is 0.273 e. The van der Waals surface area contributed by atoms with Gasteiger partial charge in [-0.2, -0.15) is 5.10 Å². The van der Waals surface area contributed by atoms with E-state index in [0.717, 1.165) is 22.4 Å². The Balaban J connectivity index is 1.77. The highest BCUT2D eigenvalue weighted by atomic mass is 32.2.